The lowest BCUT2D eigenvalue weighted by Gasteiger charge is -2.11. The first-order valence-electron chi connectivity index (χ1n) is 8.46. The zero-order valence-electron chi connectivity index (χ0n) is 15.1. The van der Waals surface area contributed by atoms with Gasteiger partial charge in [0.15, 0.2) is 0 Å². The van der Waals surface area contributed by atoms with Gasteiger partial charge in [0.2, 0.25) is 5.91 Å². The number of amides is 2. The summed E-state index contributed by atoms with van der Waals surface area (Å²) >= 11 is 6.12. The zero-order chi connectivity index (χ0) is 20.0. The topological polar surface area (TPSA) is 95.5 Å². The Kier molecular flexibility index (Phi) is 6.96. The van der Waals surface area contributed by atoms with Gasteiger partial charge in [-0.3, -0.25) is 14.4 Å². The standard InChI is InChI=1S/C20H21ClN2O4/c1-12(2)9-18(24)22-15-7-8-17(21)16(11-15)20(27)23-14-5-3-13(4-6-14)10-19(25)26/h3-8,11-12H,9-10H2,1-2H3,(H,22,24)(H,23,27)(H,25,26). The summed E-state index contributed by atoms with van der Waals surface area (Å²) in [5.41, 5.74) is 1.87. The Balaban J connectivity index is 2.10. The third-order valence-corrected chi connectivity index (χ3v) is 3.99. The Morgan fingerprint density at radius 2 is 1.63 bits per heavy atom. The number of carboxylic acids is 1. The van der Waals surface area contributed by atoms with Crippen molar-refractivity contribution in [3.8, 4) is 0 Å². The lowest BCUT2D eigenvalue weighted by Crippen LogP contribution is -2.16. The summed E-state index contributed by atoms with van der Waals surface area (Å²) in [7, 11) is 0. The molecule has 0 atom stereocenters. The maximum absolute atomic E-state index is 12.5. The number of carbonyl (C=O) groups is 3. The minimum atomic E-state index is -0.921. The van der Waals surface area contributed by atoms with Crippen molar-refractivity contribution in [2.45, 2.75) is 26.7 Å². The van der Waals surface area contributed by atoms with Crippen LogP contribution in [0.15, 0.2) is 42.5 Å². The number of benzene rings is 2. The molecule has 0 aliphatic rings. The molecule has 0 saturated carbocycles. The molecule has 0 aliphatic carbocycles. The van der Waals surface area contributed by atoms with Crippen LogP contribution in [0.3, 0.4) is 0 Å². The van der Waals surface area contributed by atoms with E-state index in [1.807, 2.05) is 13.8 Å². The van der Waals surface area contributed by atoms with Crippen molar-refractivity contribution >= 4 is 40.8 Å². The summed E-state index contributed by atoms with van der Waals surface area (Å²) in [6.07, 6.45) is 0.297. The Hall–Kier alpha value is -2.86. The summed E-state index contributed by atoms with van der Waals surface area (Å²) in [5.74, 6) is -1.25. The van der Waals surface area contributed by atoms with Gasteiger partial charge in [0.05, 0.1) is 17.0 Å². The zero-order valence-corrected chi connectivity index (χ0v) is 15.8. The predicted octanol–water partition coefficient (Wildman–Crippen LogP) is 4.20. The second kappa shape index (κ2) is 9.19. The molecule has 2 aromatic rings. The highest BCUT2D eigenvalue weighted by molar-refractivity contribution is 6.34. The molecule has 0 unspecified atom stereocenters. The first-order chi connectivity index (χ1) is 12.7. The fourth-order valence-electron chi connectivity index (χ4n) is 2.44. The van der Waals surface area contributed by atoms with Gasteiger partial charge in [-0.15, -0.1) is 0 Å². The molecule has 2 amide bonds. The number of aliphatic carboxylic acids is 1. The molecule has 0 spiro atoms. The minimum Gasteiger partial charge on any atom is -0.481 e. The first-order valence-corrected chi connectivity index (χ1v) is 8.84. The largest absolute Gasteiger partial charge is 0.481 e. The number of hydrogen-bond donors (Lipinski definition) is 3. The lowest BCUT2D eigenvalue weighted by molar-refractivity contribution is -0.136. The third-order valence-electron chi connectivity index (χ3n) is 3.66. The fourth-order valence-corrected chi connectivity index (χ4v) is 2.64. The van der Waals surface area contributed by atoms with Gasteiger partial charge in [0, 0.05) is 17.8 Å². The molecule has 0 fully saturated rings. The maximum atomic E-state index is 12.5. The van der Waals surface area contributed by atoms with Crippen LogP contribution >= 0.6 is 11.6 Å². The number of halogens is 1. The highest BCUT2D eigenvalue weighted by atomic mass is 35.5. The van der Waals surface area contributed by atoms with E-state index in [1.165, 1.54) is 6.07 Å². The van der Waals surface area contributed by atoms with Crippen LogP contribution in [0.2, 0.25) is 5.02 Å². The summed E-state index contributed by atoms with van der Waals surface area (Å²) in [6, 6.07) is 11.2. The van der Waals surface area contributed by atoms with E-state index >= 15 is 0 Å². The van der Waals surface area contributed by atoms with Crippen LogP contribution in [0.25, 0.3) is 0 Å². The van der Waals surface area contributed by atoms with E-state index in [-0.39, 0.29) is 28.8 Å². The van der Waals surface area contributed by atoms with Crippen LogP contribution in [0.1, 0.15) is 36.2 Å². The number of anilines is 2. The number of carboxylic acid groups (broad SMARTS) is 1. The highest BCUT2D eigenvalue weighted by Gasteiger charge is 2.13. The normalized spacial score (nSPS) is 10.5. The van der Waals surface area contributed by atoms with Gasteiger partial charge in [0.1, 0.15) is 0 Å². The predicted molar refractivity (Wildman–Crippen MR) is 105 cm³/mol. The second-order valence-electron chi connectivity index (χ2n) is 6.56. The second-order valence-corrected chi connectivity index (χ2v) is 6.97. The number of rotatable bonds is 7. The molecule has 6 nitrogen and oxygen atoms in total. The van der Waals surface area contributed by atoms with Crippen molar-refractivity contribution < 1.29 is 19.5 Å². The number of hydrogen-bond acceptors (Lipinski definition) is 3. The molecule has 0 radical (unpaired) electrons. The van der Waals surface area contributed by atoms with Crippen molar-refractivity contribution in [1.29, 1.82) is 0 Å². The maximum Gasteiger partial charge on any atom is 0.307 e. The van der Waals surface area contributed by atoms with E-state index in [0.717, 1.165) is 0 Å². The molecular formula is C20H21ClN2O4. The molecule has 0 saturated heterocycles. The molecule has 0 heterocycles. The van der Waals surface area contributed by atoms with E-state index < -0.39 is 11.9 Å². The van der Waals surface area contributed by atoms with Crippen LogP contribution < -0.4 is 10.6 Å². The molecule has 3 N–H and O–H groups in total. The van der Waals surface area contributed by atoms with Gasteiger partial charge >= 0.3 is 5.97 Å². The van der Waals surface area contributed by atoms with Crippen LogP contribution in [0.5, 0.6) is 0 Å². The third kappa shape index (κ3) is 6.42. The molecule has 2 rings (SSSR count). The van der Waals surface area contributed by atoms with Gasteiger partial charge in [-0.05, 0) is 41.8 Å². The first kappa shape index (κ1) is 20.5. The monoisotopic (exact) mass is 388 g/mol. The van der Waals surface area contributed by atoms with Crippen LogP contribution in [-0.4, -0.2) is 22.9 Å². The molecular weight excluding hydrogens is 368 g/mol. The van der Waals surface area contributed by atoms with Gasteiger partial charge < -0.3 is 15.7 Å². The molecule has 0 aromatic heterocycles. The van der Waals surface area contributed by atoms with Crippen LogP contribution in [-0.2, 0) is 16.0 Å². The Bertz CT molecular complexity index is 848. The van der Waals surface area contributed by atoms with Crippen molar-refractivity contribution in [2.75, 3.05) is 10.6 Å². The van der Waals surface area contributed by atoms with Crippen molar-refractivity contribution in [1.82, 2.24) is 0 Å². The van der Waals surface area contributed by atoms with Crippen molar-refractivity contribution in [3.05, 3.63) is 58.6 Å². The smallest absolute Gasteiger partial charge is 0.307 e. The van der Waals surface area contributed by atoms with Crippen LogP contribution in [0, 0.1) is 5.92 Å². The number of carbonyl (C=O) groups excluding carboxylic acids is 2. The van der Waals surface area contributed by atoms with E-state index in [0.29, 0.717) is 23.4 Å². The Labute approximate surface area is 162 Å². The molecule has 27 heavy (non-hydrogen) atoms. The van der Waals surface area contributed by atoms with E-state index in [9.17, 15) is 14.4 Å². The van der Waals surface area contributed by atoms with Crippen molar-refractivity contribution in [3.63, 3.8) is 0 Å². The van der Waals surface area contributed by atoms with Gasteiger partial charge in [-0.1, -0.05) is 37.6 Å². The van der Waals surface area contributed by atoms with E-state index in [4.69, 9.17) is 16.7 Å². The lowest BCUT2D eigenvalue weighted by atomic mass is 10.1. The fraction of sp³-hybridized carbons (Fsp3) is 0.250. The van der Waals surface area contributed by atoms with Gasteiger partial charge in [0.25, 0.3) is 5.91 Å². The van der Waals surface area contributed by atoms with Crippen LogP contribution in [0.4, 0.5) is 11.4 Å². The average Bonchev–Trinajstić information content (AvgIpc) is 2.57. The quantitative estimate of drug-likeness (QED) is 0.662. The molecule has 7 heteroatoms. The summed E-state index contributed by atoms with van der Waals surface area (Å²) in [5, 5.41) is 14.5. The minimum absolute atomic E-state index is 0.0851. The summed E-state index contributed by atoms with van der Waals surface area (Å²) in [4.78, 5) is 35.1. The molecule has 142 valence electrons. The molecule has 0 bridgehead atoms. The van der Waals surface area contributed by atoms with Crippen molar-refractivity contribution in [2.24, 2.45) is 5.92 Å². The van der Waals surface area contributed by atoms with E-state index in [2.05, 4.69) is 10.6 Å². The van der Waals surface area contributed by atoms with Gasteiger partial charge in [-0.2, -0.15) is 0 Å². The summed E-state index contributed by atoms with van der Waals surface area (Å²) < 4.78 is 0. The summed E-state index contributed by atoms with van der Waals surface area (Å²) in [6.45, 7) is 3.89. The molecule has 0 aliphatic heterocycles. The Morgan fingerprint density at radius 1 is 1.00 bits per heavy atom. The Morgan fingerprint density at radius 3 is 2.22 bits per heavy atom. The average molecular weight is 389 g/mol. The molecule has 2 aromatic carbocycles. The van der Waals surface area contributed by atoms with Gasteiger partial charge in [-0.25, -0.2) is 0 Å². The number of nitrogens with one attached hydrogen (secondary N) is 2. The SMILES string of the molecule is CC(C)CC(=O)Nc1ccc(Cl)c(C(=O)Nc2ccc(CC(=O)O)cc2)c1. The highest BCUT2D eigenvalue weighted by Crippen LogP contribution is 2.22. The van der Waals surface area contributed by atoms with E-state index in [1.54, 1.807) is 36.4 Å².